The Morgan fingerprint density at radius 1 is 1.31 bits per heavy atom. The van der Waals surface area contributed by atoms with E-state index in [-0.39, 0.29) is 0 Å². The Hall–Kier alpha value is -0.860. The van der Waals surface area contributed by atoms with Crippen LogP contribution in [0.5, 0.6) is 0 Å². The molecule has 16 heavy (non-hydrogen) atoms. The van der Waals surface area contributed by atoms with Crippen LogP contribution in [-0.2, 0) is 6.54 Å². The van der Waals surface area contributed by atoms with Crippen molar-refractivity contribution in [2.45, 2.75) is 38.9 Å². The van der Waals surface area contributed by atoms with Crippen molar-refractivity contribution in [1.29, 1.82) is 0 Å². The first kappa shape index (κ1) is 11.6. The molecule has 1 aliphatic heterocycles. The zero-order valence-electron chi connectivity index (χ0n) is 10.5. The molecule has 88 valence electrons. The van der Waals surface area contributed by atoms with E-state index < -0.39 is 0 Å². The zero-order chi connectivity index (χ0) is 11.5. The Balaban J connectivity index is 1.82. The van der Waals surface area contributed by atoms with Gasteiger partial charge in [-0.05, 0) is 32.9 Å². The van der Waals surface area contributed by atoms with E-state index in [1.807, 2.05) is 0 Å². The third-order valence-electron chi connectivity index (χ3n) is 3.60. The lowest BCUT2D eigenvalue weighted by atomic mass is 10.1. The van der Waals surface area contributed by atoms with Gasteiger partial charge in [0.1, 0.15) is 0 Å². The lowest BCUT2D eigenvalue weighted by Crippen LogP contribution is -2.31. The Labute approximate surface area is 98.7 Å². The molecule has 1 saturated heterocycles. The molecule has 0 amide bonds. The molecular formula is C14H22N2. The molecule has 1 aromatic carbocycles. The molecule has 2 heteroatoms. The average Bonchev–Trinajstić information content (AvgIpc) is 2.58. The quantitative estimate of drug-likeness (QED) is 0.836. The zero-order valence-corrected chi connectivity index (χ0v) is 10.5. The number of likely N-dealkylation sites (tertiary alicyclic amines) is 1. The van der Waals surface area contributed by atoms with Gasteiger partial charge >= 0.3 is 0 Å². The minimum atomic E-state index is 0.654. The highest BCUT2D eigenvalue weighted by Crippen LogP contribution is 2.15. The maximum atomic E-state index is 3.64. The van der Waals surface area contributed by atoms with Crippen molar-refractivity contribution < 1.29 is 0 Å². The summed E-state index contributed by atoms with van der Waals surface area (Å²) in [5.74, 6) is 0. The Kier molecular flexibility index (Phi) is 3.62. The number of nitrogens with one attached hydrogen (secondary N) is 1. The molecule has 0 saturated carbocycles. The van der Waals surface area contributed by atoms with E-state index in [2.05, 4.69) is 55.4 Å². The van der Waals surface area contributed by atoms with Crippen molar-refractivity contribution in [1.82, 2.24) is 10.2 Å². The molecule has 0 spiro atoms. The van der Waals surface area contributed by atoms with Gasteiger partial charge in [0.15, 0.2) is 0 Å². The molecule has 1 aliphatic rings. The molecule has 0 bridgehead atoms. The van der Waals surface area contributed by atoms with E-state index in [0.29, 0.717) is 6.04 Å². The van der Waals surface area contributed by atoms with Crippen LogP contribution in [0.4, 0.5) is 0 Å². The summed E-state index contributed by atoms with van der Waals surface area (Å²) in [5.41, 5.74) is 2.71. The normalized spacial score (nSPS) is 26.2. The van der Waals surface area contributed by atoms with E-state index >= 15 is 0 Å². The largest absolute Gasteiger partial charge is 0.309 e. The van der Waals surface area contributed by atoms with Gasteiger partial charge in [0.2, 0.25) is 0 Å². The minimum absolute atomic E-state index is 0.654. The molecule has 1 aromatic rings. The third kappa shape index (κ3) is 2.83. The molecule has 0 aromatic heterocycles. The van der Waals surface area contributed by atoms with Gasteiger partial charge in [-0.3, -0.25) is 0 Å². The van der Waals surface area contributed by atoms with Gasteiger partial charge in [0.25, 0.3) is 0 Å². The fourth-order valence-electron chi connectivity index (χ4n) is 2.31. The summed E-state index contributed by atoms with van der Waals surface area (Å²) in [5, 5.41) is 3.64. The van der Waals surface area contributed by atoms with Crippen molar-refractivity contribution in [2.75, 3.05) is 13.6 Å². The Morgan fingerprint density at radius 2 is 2.00 bits per heavy atom. The number of hydrogen-bond donors (Lipinski definition) is 1. The molecule has 1 N–H and O–H groups in total. The first-order valence-corrected chi connectivity index (χ1v) is 6.14. The summed E-state index contributed by atoms with van der Waals surface area (Å²) in [6, 6.07) is 10.2. The molecule has 2 nitrogen and oxygen atoms in total. The van der Waals surface area contributed by atoms with Gasteiger partial charge < -0.3 is 10.2 Å². The topological polar surface area (TPSA) is 15.3 Å². The van der Waals surface area contributed by atoms with Gasteiger partial charge in [0, 0.05) is 25.2 Å². The number of aryl methyl sites for hydroxylation is 1. The van der Waals surface area contributed by atoms with Crippen LogP contribution in [0.25, 0.3) is 0 Å². The molecule has 0 radical (unpaired) electrons. The number of hydrogen-bond acceptors (Lipinski definition) is 2. The van der Waals surface area contributed by atoms with Crippen molar-refractivity contribution in [3.8, 4) is 0 Å². The van der Waals surface area contributed by atoms with Crippen LogP contribution >= 0.6 is 0 Å². The molecule has 0 aliphatic carbocycles. The number of likely N-dealkylation sites (N-methyl/N-ethyl adjacent to an activating group) is 1. The predicted octanol–water partition coefficient (Wildman–Crippen LogP) is 2.18. The molecule has 2 rings (SSSR count). The van der Waals surface area contributed by atoms with Crippen molar-refractivity contribution in [2.24, 2.45) is 0 Å². The summed E-state index contributed by atoms with van der Waals surface area (Å²) >= 11 is 0. The first-order chi connectivity index (χ1) is 7.65. The highest BCUT2D eigenvalue weighted by molar-refractivity contribution is 5.21. The fourth-order valence-corrected chi connectivity index (χ4v) is 2.31. The lowest BCUT2D eigenvalue weighted by molar-refractivity contribution is 0.326. The summed E-state index contributed by atoms with van der Waals surface area (Å²) < 4.78 is 0. The summed E-state index contributed by atoms with van der Waals surface area (Å²) in [7, 11) is 2.21. The average molecular weight is 218 g/mol. The van der Waals surface area contributed by atoms with E-state index in [0.717, 1.165) is 12.6 Å². The summed E-state index contributed by atoms with van der Waals surface area (Å²) in [6.07, 6.45) is 1.27. The standard InChI is InChI=1S/C14H22N2/c1-11-4-6-13(7-5-11)9-15-14-8-12(2)16(3)10-14/h4-7,12,14-15H,8-10H2,1-3H3. The van der Waals surface area contributed by atoms with Gasteiger partial charge in [0.05, 0.1) is 0 Å². The van der Waals surface area contributed by atoms with E-state index in [1.54, 1.807) is 0 Å². The van der Waals surface area contributed by atoms with Gasteiger partial charge in [-0.15, -0.1) is 0 Å². The second kappa shape index (κ2) is 4.98. The van der Waals surface area contributed by atoms with E-state index in [4.69, 9.17) is 0 Å². The van der Waals surface area contributed by atoms with Crippen LogP contribution in [0.15, 0.2) is 24.3 Å². The Morgan fingerprint density at radius 3 is 2.56 bits per heavy atom. The summed E-state index contributed by atoms with van der Waals surface area (Å²) in [4.78, 5) is 2.42. The molecule has 2 unspecified atom stereocenters. The smallest absolute Gasteiger partial charge is 0.0212 e. The maximum absolute atomic E-state index is 3.64. The van der Waals surface area contributed by atoms with Crippen LogP contribution in [0.1, 0.15) is 24.5 Å². The molecular weight excluding hydrogens is 196 g/mol. The number of nitrogens with zero attached hydrogens (tertiary/aromatic N) is 1. The highest BCUT2D eigenvalue weighted by Gasteiger charge is 2.25. The predicted molar refractivity (Wildman–Crippen MR) is 68.5 cm³/mol. The SMILES string of the molecule is Cc1ccc(CNC2CC(C)N(C)C2)cc1. The van der Waals surface area contributed by atoms with Crippen LogP contribution in [0.3, 0.4) is 0 Å². The van der Waals surface area contributed by atoms with Gasteiger partial charge in [-0.2, -0.15) is 0 Å². The monoisotopic (exact) mass is 218 g/mol. The minimum Gasteiger partial charge on any atom is -0.309 e. The van der Waals surface area contributed by atoms with Crippen molar-refractivity contribution >= 4 is 0 Å². The highest BCUT2D eigenvalue weighted by atomic mass is 15.2. The molecule has 1 heterocycles. The third-order valence-corrected chi connectivity index (χ3v) is 3.60. The maximum Gasteiger partial charge on any atom is 0.0212 e. The Bertz CT molecular complexity index is 321. The van der Waals surface area contributed by atoms with Crippen molar-refractivity contribution in [3.63, 3.8) is 0 Å². The van der Waals surface area contributed by atoms with Crippen molar-refractivity contribution in [3.05, 3.63) is 35.4 Å². The summed E-state index contributed by atoms with van der Waals surface area (Å²) in [6.45, 7) is 6.59. The van der Waals surface area contributed by atoms with E-state index in [9.17, 15) is 0 Å². The molecule has 1 fully saturated rings. The molecule has 2 atom stereocenters. The number of benzene rings is 1. The van der Waals surface area contributed by atoms with Gasteiger partial charge in [-0.1, -0.05) is 29.8 Å². The first-order valence-electron chi connectivity index (χ1n) is 6.14. The second-order valence-corrected chi connectivity index (χ2v) is 5.09. The van der Waals surface area contributed by atoms with E-state index in [1.165, 1.54) is 24.1 Å². The number of rotatable bonds is 3. The second-order valence-electron chi connectivity index (χ2n) is 5.09. The lowest BCUT2D eigenvalue weighted by Gasteiger charge is -2.13. The van der Waals surface area contributed by atoms with Crippen LogP contribution in [0.2, 0.25) is 0 Å². The fraction of sp³-hybridized carbons (Fsp3) is 0.571. The van der Waals surface area contributed by atoms with Crippen LogP contribution < -0.4 is 5.32 Å². The van der Waals surface area contributed by atoms with Crippen LogP contribution in [-0.4, -0.2) is 30.6 Å². The van der Waals surface area contributed by atoms with Crippen LogP contribution in [0, 0.1) is 6.92 Å². The van der Waals surface area contributed by atoms with Gasteiger partial charge in [-0.25, -0.2) is 0 Å².